The molecule has 1 radical (unpaired) electrons. The van der Waals surface area contributed by atoms with Crippen molar-refractivity contribution in [3.05, 3.63) is 41.6 Å². The summed E-state index contributed by atoms with van der Waals surface area (Å²) in [4.78, 5) is 36.6. The highest BCUT2D eigenvalue weighted by molar-refractivity contribution is 9.09. The summed E-state index contributed by atoms with van der Waals surface area (Å²) in [5.74, 6) is -0.270. The Balaban J connectivity index is 1.63. The van der Waals surface area contributed by atoms with Gasteiger partial charge >= 0.3 is 0 Å². The zero-order valence-electron chi connectivity index (χ0n) is 12.9. The SMILES string of the molecule is O=[C]C1=C(CBr)C[S+]([O-])[C@@H]2C(NC(=O)COc3ccccc3)C(=O)N12. The van der Waals surface area contributed by atoms with Crippen LogP contribution in [0.15, 0.2) is 41.6 Å². The fourth-order valence-corrected chi connectivity index (χ4v) is 5.12. The number of para-hydroxylation sites is 1. The van der Waals surface area contributed by atoms with Crippen LogP contribution in [0.5, 0.6) is 5.75 Å². The molecule has 0 aliphatic carbocycles. The molecule has 2 heterocycles. The van der Waals surface area contributed by atoms with Gasteiger partial charge in [-0.15, -0.1) is 0 Å². The Morgan fingerprint density at radius 2 is 2.16 bits per heavy atom. The molecule has 0 aromatic heterocycles. The summed E-state index contributed by atoms with van der Waals surface area (Å²) in [5.41, 5.74) is 0.674. The Morgan fingerprint density at radius 3 is 2.80 bits per heavy atom. The smallest absolute Gasteiger partial charge is 0.261 e. The third-order valence-corrected chi connectivity index (χ3v) is 6.22. The molecule has 2 amide bonds. The lowest BCUT2D eigenvalue weighted by Gasteiger charge is -2.48. The lowest BCUT2D eigenvalue weighted by molar-refractivity contribution is -0.146. The second-order valence-electron chi connectivity index (χ2n) is 5.46. The van der Waals surface area contributed by atoms with Crippen molar-refractivity contribution in [2.45, 2.75) is 11.4 Å². The van der Waals surface area contributed by atoms with Crippen LogP contribution >= 0.6 is 15.9 Å². The molecule has 3 rings (SSSR count). The van der Waals surface area contributed by atoms with E-state index in [0.29, 0.717) is 16.7 Å². The summed E-state index contributed by atoms with van der Waals surface area (Å²) >= 11 is 1.81. The lowest BCUT2D eigenvalue weighted by atomic mass is 10.0. The van der Waals surface area contributed by atoms with Crippen LogP contribution < -0.4 is 10.1 Å². The third-order valence-electron chi connectivity index (χ3n) is 3.89. The van der Waals surface area contributed by atoms with Crippen LogP contribution in [0.4, 0.5) is 0 Å². The van der Waals surface area contributed by atoms with E-state index in [4.69, 9.17) is 4.74 Å². The van der Waals surface area contributed by atoms with Crippen LogP contribution in [-0.2, 0) is 25.6 Å². The van der Waals surface area contributed by atoms with Gasteiger partial charge in [-0.3, -0.25) is 19.3 Å². The summed E-state index contributed by atoms with van der Waals surface area (Å²) in [6.07, 6.45) is 1.74. The van der Waals surface area contributed by atoms with E-state index in [0.717, 1.165) is 4.90 Å². The molecular formula is C16H14BrN2O5S. The van der Waals surface area contributed by atoms with E-state index in [9.17, 15) is 18.9 Å². The van der Waals surface area contributed by atoms with Gasteiger partial charge < -0.3 is 14.6 Å². The highest BCUT2D eigenvalue weighted by atomic mass is 79.9. The van der Waals surface area contributed by atoms with E-state index in [-0.39, 0.29) is 18.1 Å². The number of nitrogens with zero attached hydrogens (tertiary/aromatic N) is 1. The largest absolute Gasteiger partial charge is 0.614 e. The first-order valence-electron chi connectivity index (χ1n) is 7.40. The average Bonchev–Trinajstić information content (AvgIpc) is 2.64. The van der Waals surface area contributed by atoms with Crippen molar-refractivity contribution in [3.63, 3.8) is 0 Å². The van der Waals surface area contributed by atoms with Crippen molar-refractivity contribution < 1.29 is 23.7 Å². The molecule has 2 unspecified atom stereocenters. The number of alkyl halides is 1. The minimum Gasteiger partial charge on any atom is -0.614 e. The van der Waals surface area contributed by atoms with Crippen molar-refractivity contribution in [2.24, 2.45) is 0 Å². The predicted octanol–water partition coefficient (Wildman–Crippen LogP) is 0.239. The van der Waals surface area contributed by atoms with E-state index in [1.807, 2.05) is 6.07 Å². The molecule has 131 valence electrons. The maximum atomic E-state index is 12.4. The molecule has 2 aliphatic heterocycles. The Kier molecular flexibility index (Phi) is 5.45. The van der Waals surface area contributed by atoms with E-state index >= 15 is 0 Å². The summed E-state index contributed by atoms with van der Waals surface area (Å²) in [6, 6.07) is 7.86. The molecule has 1 saturated heterocycles. The van der Waals surface area contributed by atoms with E-state index in [1.165, 1.54) is 0 Å². The standard InChI is InChI=1S/C16H14BrN2O5S/c17-6-10-9-25(23)16-14(15(22)19(16)12(10)7-20)18-13(21)8-24-11-4-2-1-3-5-11/h1-5,14,16H,6,8-9H2,(H,18,21)/t14?,16-,25?/m1/s1. The number of carbonyl (C=O) groups excluding carboxylic acids is 3. The molecule has 2 aliphatic rings. The average molecular weight is 426 g/mol. The first-order valence-corrected chi connectivity index (χ1v) is 9.90. The molecule has 0 bridgehead atoms. The number of amides is 2. The number of hydrogen-bond acceptors (Lipinski definition) is 5. The fraction of sp³-hybridized carbons (Fsp3) is 0.312. The molecule has 9 heteroatoms. The van der Waals surface area contributed by atoms with Crippen LogP contribution in [-0.4, -0.2) is 56.7 Å². The van der Waals surface area contributed by atoms with Crippen LogP contribution in [0.25, 0.3) is 0 Å². The molecule has 1 fully saturated rings. The maximum Gasteiger partial charge on any atom is 0.261 e. The Labute approximate surface area is 155 Å². The van der Waals surface area contributed by atoms with Crippen LogP contribution in [0.1, 0.15) is 0 Å². The highest BCUT2D eigenvalue weighted by Gasteiger charge is 2.59. The molecule has 7 nitrogen and oxygen atoms in total. The van der Waals surface area contributed by atoms with Gasteiger partial charge in [0.1, 0.15) is 17.2 Å². The molecule has 3 atom stereocenters. The zero-order valence-corrected chi connectivity index (χ0v) is 15.3. The second-order valence-corrected chi connectivity index (χ2v) is 7.55. The van der Waals surface area contributed by atoms with Crippen molar-refractivity contribution in [2.75, 3.05) is 17.7 Å². The number of ether oxygens (including phenoxy) is 1. The van der Waals surface area contributed by atoms with E-state index in [1.54, 1.807) is 30.6 Å². The van der Waals surface area contributed by atoms with Gasteiger partial charge in [0.05, 0.1) is 0 Å². The first kappa shape index (κ1) is 18.0. The Morgan fingerprint density at radius 1 is 1.44 bits per heavy atom. The van der Waals surface area contributed by atoms with Gasteiger partial charge in [-0.05, 0) is 23.3 Å². The topological polar surface area (TPSA) is 98.8 Å². The number of allylic oxidation sites excluding steroid dienone is 1. The Hall–Kier alpha value is -1.84. The number of β-lactam (4-membered cyclic amide) rings is 1. The van der Waals surface area contributed by atoms with Crippen LogP contribution in [0, 0.1) is 0 Å². The van der Waals surface area contributed by atoms with Gasteiger partial charge in [0.15, 0.2) is 12.6 Å². The van der Waals surface area contributed by atoms with Gasteiger partial charge in [0.25, 0.3) is 18.1 Å². The van der Waals surface area contributed by atoms with Crippen molar-refractivity contribution in [1.82, 2.24) is 10.2 Å². The minimum absolute atomic E-state index is 0.109. The zero-order chi connectivity index (χ0) is 18.0. The van der Waals surface area contributed by atoms with Crippen molar-refractivity contribution in [1.29, 1.82) is 0 Å². The monoisotopic (exact) mass is 425 g/mol. The minimum atomic E-state index is -1.40. The molecule has 1 N–H and O–H groups in total. The molecule has 0 spiro atoms. The number of fused-ring (bicyclic) bond motifs is 1. The van der Waals surface area contributed by atoms with Gasteiger partial charge in [-0.2, -0.15) is 0 Å². The number of hydrogen-bond donors (Lipinski definition) is 1. The van der Waals surface area contributed by atoms with Gasteiger partial charge in [0.2, 0.25) is 5.37 Å². The second kappa shape index (κ2) is 7.59. The normalized spacial score (nSPS) is 25.1. The lowest BCUT2D eigenvalue weighted by Crippen LogP contribution is -2.74. The van der Waals surface area contributed by atoms with Crippen molar-refractivity contribution >= 4 is 45.2 Å². The highest BCUT2D eigenvalue weighted by Crippen LogP contribution is 2.36. The Bertz CT molecular complexity index is 726. The van der Waals surface area contributed by atoms with Crippen molar-refractivity contribution in [3.8, 4) is 5.75 Å². The summed E-state index contributed by atoms with van der Waals surface area (Å²) in [7, 11) is 0. The fourth-order valence-electron chi connectivity index (χ4n) is 2.70. The molecular weight excluding hydrogens is 412 g/mol. The molecule has 25 heavy (non-hydrogen) atoms. The molecule has 1 aromatic rings. The number of benzene rings is 1. The third kappa shape index (κ3) is 3.44. The van der Waals surface area contributed by atoms with Gasteiger partial charge in [-0.1, -0.05) is 34.1 Å². The predicted molar refractivity (Wildman–Crippen MR) is 94.0 cm³/mol. The summed E-state index contributed by atoms with van der Waals surface area (Å²) in [5, 5.41) is 2.12. The van der Waals surface area contributed by atoms with Crippen LogP contribution in [0.3, 0.4) is 0 Å². The number of nitrogens with one attached hydrogen (secondary N) is 1. The van der Waals surface area contributed by atoms with Gasteiger partial charge in [-0.25, -0.2) is 0 Å². The van der Waals surface area contributed by atoms with Crippen LogP contribution in [0.2, 0.25) is 0 Å². The number of carbonyl (C=O) groups is 2. The first-order chi connectivity index (χ1) is 12.1. The number of rotatable bonds is 6. The summed E-state index contributed by atoms with van der Waals surface area (Å²) in [6.45, 7) is -0.262. The van der Waals surface area contributed by atoms with E-state index < -0.39 is 34.4 Å². The molecule has 1 aromatic carbocycles. The molecule has 0 saturated carbocycles. The summed E-state index contributed by atoms with van der Waals surface area (Å²) < 4.78 is 17.7. The number of halogens is 1. The van der Waals surface area contributed by atoms with E-state index in [2.05, 4.69) is 21.2 Å². The van der Waals surface area contributed by atoms with Gasteiger partial charge in [0, 0.05) is 10.9 Å². The quantitative estimate of drug-likeness (QED) is 0.399. The maximum absolute atomic E-state index is 12.4.